The third-order valence-electron chi connectivity index (χ3n) is 5.55. The number of imidazole rings is 1. The van der Waals surface area contributed by atoms with Gasteiger partial charge in [-0.15, -0.1) is 0 Å². The number of benzene rings is 1. The maximum absolute atomic E-state index is 16.0. The number of anilines is 1. The van der Waals surface area contributed by atoms with E-state index in [-0.39, 0.29) is 10.8 Å². The topological polar surface area (TPSA) is 95.2 Å². The summed E-state index contributed by atoms with van der Waals surface area (Å²) < 4.78 is 16.0. The maximum atomic E-state index is 16.0. The summed E-state index contributed by atoms with van der Waals surface area (Å²) in [6.07, 6.45) is 6.62. The molecule has 3 N–H and O–H groups in total. The molecule has 1 aromatic carbocycles. The Morgan fingerprint density at radius 3 is 2.66 bits per heavy atom. The zero-order valence-electron chi connectivity index (χ0n) is 19.0. The number of hydrogen-bond donors (Lipinski definition) is 3. The molecule has 0 saturated heterocycles. The molecule has 35 heavy (non-hydrogen) atoms. The lowest BCUT2D eigenvalue weighted by Crippen LogP contribution is -2.26. The van der Waals surface area contributed by atoms with Crippen LogP contribution in [0.25, 0.3) is 45.9 Å². The number of H-pyrrole nitrogens is 2. The second-order valence-electron chi connectivity index (χ2n) is 7.83. The maximum Gasteiger partial charge on any atom is 0.178 e. The molecule has 4 heterocycles. The number of nitrogens with one attached hydrogen (secondary N) is 3. The molecule has 8 heteroatoms. The standard InChI is InChI=1S/C27H22FN7/c1-4-21-23(25(35-34-21)27-32-22-11-8-12-30-26(22)33-27)24(28)16(2)19-13-20(15-29-14-19)31-17(3)18-9-6-5-7-10-18/h4-15,31,34H,2-3H2,1H3,(H,30,32,33)/b21-4+,24-23-. The summed E-state index contributed by atoms with van der Waals surface area (Å²) in [5, 5.41) is 11.2. The minimum atomic E-state index is -0.531. The molecule has 0 unspecified atom stereocenters. The number of pyridine rings is 2. The molecular formula is C27H22FN7. The average molecular weight is 464 g/mol. The van der Waals surface area contributed by atoms with Gasteiger partial charge in [-0.2, -0.15) is 5.10 Å². The van der Waals surface area contributed by atoms with Gasteiger partial charge in [-0.05, 0) is 30.7 Å². The van der Waals surface area contributed by atoms with Crippen LogP contribution in [0.1, 0.15) is 18.1 Å². The van der Waals surface area contributed by atoms with Crippen LogP contribution >= 0.6 is 0 Å². The minimum Gasteiger partial charge on any atom is -0.354 e. The fourth-order valence-corrected chi connectivity index (χ4v) is 3.75. The van der Waals surface area contributed by atoms with Gasteiger partial charge in [-0.1, -0.05) is 49.6 Å². The molecule has 0 fully saturated rings. The van der Waals surface area contributed by atoms with E-state index >= 15 is 4.39 Å². The molecule has 0 saturated carbocycles. The number of hydrogen-bond acceptors (Lipinski definition) is 5. The second kappa shape index (κ2) is 9.18. The number of allylic oxidation sites excluding steroid dienone is 1. The molecule has 7 nitrogen and oxygen atoms in total. The molecule has 0 aliphatic carbocycles. The highest BCUT2D eigenvalue weighted by Crippen LogP contribution is 2.26. The molecule has 5 rings (SSSR count). The summed E-state index contributed by atoms with van der Waals surface area (Å²) in [7, 11) is 0. The Bertz CT molecular complexity index is 1650. The van der Waals surface area contributed by atoms with Crippen molar-refractivity contribution in [3.05, 3.63) is 102 Å². The van der Waals surface area contributed by atoms with Crippen LogP contribution in [-0.4, -0.2) is 30.1 Å². The molecule has 0 spiro atoms. The molecule has 0 atom stereocenters. The first kappa shape index (κ1) is 22.0. The first-order valence-corrected chi connectivity index (χ1v) is 10.9. The van der Waals surface area contributed by atoms with E-state index in [1.54, 1.807) is 43.7 Å². The molecular weight excluding hydrogens is 441 g/mol. The van der Waals surface area contributed by atoms with Gasteiger partial charge in [0.2, 0.25) is 0 Å². The Morgan fingerprint density at radius 1 is 1.06 bits per heavy atom. The van der Waals surface area contributed by atoms with Crippen LogP contribution in [0.4, 0.5) is 10.1 Å². The van der Waals surface area contributed by atoms with Crippen LogP contribution in [0, 0.1) is 0 Å². The largest absolute Gasteiger partial charge is 0.354 e. The number of halogens is 1. The van der Waals surface area contributed by atoms with Gasteiger partial charge in [0, 0.05) is 29.2 Å². The lowest BCUT2D eigenvalue weighted by molar-refractivity contribution is 0.764. The quantitative estimate of drug-likeness (QED) is 0.347. The van der Waals surface area contributed by atoms with E-state index in [1.807, 2.05) is 36.4 Å². The molecule has 4 aromatic heterocycles. The van der Waals surface area contributed by atoms with Crippen molar-refractivity contribution in [2.45, 2.75) is 6.92 Å². The summed E-state index contributed by atoms with van der Waals surface area (Å²) in [6, 6.07) is 15.2. The minimum absolute atomic E-state index is 0.173. The Balaban J connectivity index is 1.54. The van der Waals surface area contributed by atoms with E-state index in [9.17, 15) is 0 Å². The zero-order valence-corrected chi connectivity index (χ0v) is 19.0. The Labute approximate surface area is 200 Å². The van der Waals surface area contributed by atoms with E-state index < -0.39 is 5.83 Å². The van der Waals surface area contributed by atoms with Gasteiger partial charge in [0.25, 0.3) is 0 Å². The van der Waals surface area contributed by atoms with Crippen molar-refractivity contribution >= 4 is 40.0 Å². The molecule has 0 radical (unpaired) electrons. The first-order valence-electron chi connectivity index (χ1n) is 10.9. The van der Waals surface area contributed by atoms with Gasteiger partial charge in [0.15, 0.2) is 11.5 Å². The van der Waals surface area contributed by atoms with Gasteiger partial charge in [-0.25, -0.2) is 14.4 Å². The highest BCUT2D eigenvalue weighted by Gasteiger charge is 2.17. The molecule has 172 valence electrons. The smallest absolute Gasteiger partial charge is 0.178 e. The van der Waals surface area contributed by atoms with Crippen LogP contribution in [0.2, 0.25) is 0 Å². The fraction of sp³-hybridized carbons (Fsp3) is 0.0370. The van der Waals surface area contributed by atoms with Crippen LogP contribution < -0.4 is 15.9 Å². The first-order chi connectivity index (χ1) is 17.0. The van der Waals surface area contributed by atoms with Crippen molar-refractivity contribution < 1.29 is 4.39 Å². The van der Waals surface area contributed by atoms with Gasteiger partial charge >= 0.3 is 0 Å². The molecule has 0 aliphatic rings. The van der Waals surface area contributed by atoms with E-state index in [4.69, 9.17) is 0 Å². The van der Waals surface area contributed by atoms with Crippen LogP contribution in [-0.2, 0) is 0 Å². The molecule has 5 aromatic rings. The van der Waals surface area contributed by atoms with Crippen molar-refractivity contribution in [1.82, 2.24) is 30.1 Å². The summed E-state index contributed by atoms with van der Waals surface area (Å²) in [5.74, 6) is -0.121. The van der Waals surface area contributed by atoms with Crippen molar-refractivity contribution in [3.8, 4) is 11.5 Å². The third kappa shape index (κ3) is 4.24. The number of rotatable bonds is 6. The second-order valence-corrected chi connectivity index (χ2v) is 7.83. The fourth-order valence-electron chi connectivity index (χ4n) is 3.75. The predicted octanol–water partition coefficient (Wildman–Crippen LogP) is 4.42. The zero-order chi connectivity index (χ0) is 24.4. The SMILES string of the molecule is C=C(Nc1cncc(C(=C)/C(F)=c2/c(-c3nc4ncccc4[nH]3)n[nH]/c2=C/C)c1)c1ccccc1. The van der Waals surface area contributed by atoms with Crippen LogP contribution in [0.5, 0.6) is 0 Å². The van der Waals surface area contributed by atoms with Crippen LogP contribution in [0.3, 0.4) is 0 Å². The van der Waals surface area contributed by atoms with Crippen molar-refractivity contribution in [2.75, 3.05) is 5.32 Å². The van der Waals surface area contributed by atoms with E-state index in [0.717, 1.165) is 11.1 Å². The molecule has 0 amide bonds. The van der Waals surface area contributed by atoms with Crippen LogP contribution in [0.15, 0.2) is 80.3 Å². The lowest BCUT2D eigenvalue weighted by Gasteiger charge is -2.11. The summed E-state index contributed by atoms with van der Waals surface area (Å²) in [6.45, 7) is 9.90. The van der Waals surface area contributed by atoms with Gasteiger partial charge in [0.1, 0.15) is 11.5 Å². The average Bonchev–Trinajstić information content (AvgIpc) is 3.52. The summed E-state index contributed by atoms with van der Waals surface area (Å²) >= 11 is 0. The molecule has 0 bridgehead atoms. The number of fused-ring (bicyclic) bond motifs is 1. The monoisotopic (exact) mass is 463 g/mol. The normalized spacial score (nSPS) is 12.6. The van der Waals surface area contributed by atoms with Gasteiger partial charge in [-0.3, -0.25) is 10.1 Å². The Kier molecular flexibility index (Phi) is 5.76. The van der Waals surface area contributed by atoms with E-state index in [2.05, 4.69) is 48.6 Å². The predicted molar refractivity (Wildman–Crippen MR) is 138 cm³/mol. The summed E-state index contributed by atoms with van der Waals surface area (Å²) in [5.41, 5.74) is 4.62. The number of aromatic nitrogens is 6. The van der Waals surface area contributed by atoms with Gasteiger partial charge in [0.05, 0.1) is 28.0 Å². The van der Waals surface area contributed by atoms with Crippen molar-refractivity contribution in [1.29, 1.82) is 0 Å². The van der Waals surface area contributed by atoms with E-state index in [0.29, 0.717) is 39.5 Å². The number of aromatic amines is 2. The third-order valence-corrected chi connectivity index (χ3v) is 5.55. The number of nitrogens with zero attached hydrogens (tertiary/aromatic N) is 4. The van der Waals surface area contributed by atoms with E-state index in [1.165, 1.54) is 0 Å². The summed E-state index contributed by atoms with van der Waals surface area (Å²) in [4.78, 5) is 16.1. The highest BCUT2D eigenvalue weighted by molar-refractivity contribution is 5.94. The Morgan fingerprint density at radius 2 is 1.89 bits per heavy atom. The van der Waals surface area contributed by atoms with Gasteiger partial charge < -0.3 is 10.3 Å². The van der Waals surface area contributed by atoms with Crippen molar-refractivity contribution in [3.63, 3.8) is 0 Å². The van der Waals surface area contributed by atoms with Crippen molar-refractivity contribution in [2.24, 2.45) is 0 Å². The highest BCUT2D eigenvalue weighted by atomic mass is 19.1. The molecule has 0 aliphatic heterocycles. The lowest BCUT2D eigenvalue weighted by atomic mass is 10.1. The Hall–Kier alpha value is -4.85.